The molecule has 0 saturated heterocycles. The van der Waals surface area contributed by atoms with Gasteiger partial charge in [0.15, 0.2) is 0 Å². The molecule has 0 aromatic carbocycles. The molecule has 6 nitrogen and oxygen atoms in total. The summed E-state index contributed by atoms with van der Waals surface area (Å²) in [5.74, 6) is -0.970. The van der Waals surface area contributed by atoms with Gasteiger partial charge in [0.1, 0.15) is 11.4 Å². The Hall–Kier alpha value is -2.11. The van der Waals surface area contributed by atoms with Crippen molar-refractivity contribution < 1.29 is 14.7 Å². The number of nitrogens with one attached hydrogen (secondary N) is 1. The smallest absolute Gasteiger partial charge is 0.339 e. The van der Waals surface area contributed by atoms with Crippen molar-refractivity contribution in [1.29, 1.82) is 0 Å². The van der Waals surface area contributed by atoms with E-state index in [2.05, 4.69) is 10.3 Å². The van der Waals surface area contributed by atoms with Crippen LogP contribution in [-0.2, 0) is 4.79 Å². The summed E-state index contributed by atoms with van der Waals surface area (Å²) in [5.41, 5.74) is 1.43. The second-order valence-corrected chi connectivity index (χ2v) is 4.25. The topological polar surface area (TPSA) is 82.5 Å². The van der Waals surface area contributed by atoms with E-state index in [9.17, 15) is 9.59 Å². The number of carbonyl (C=O) groups excluding carboxylic acids is 1. The summed E-state index contributed by atoms with van der Waals surface area (Å²) in [6, 6.07) is 1.70. The van der Waals surface area contributed by atoms with E-state index in [1.54, 1.807) is 34.0 Å². The maximum absolute atomic E-state index is 11.5. The SMILES string of the molecule is Cc1cc(C)c(C(=O)O)c(NCC(=O)N(C)C)n1. The first-order chi connectivity index (χ1) is 8.32. The Bertz CT molecular complexity index is 484. The molecular formula is C12H17N3O3. The number of aromatic carboxylic acids is 1. The van der Waals surface area contributed by atoms with Gasteiger partial charge in [0, 0.05) is 19.8 Å². The second-order valence-electron chi connectivity index (χ2n) is 4.25. The Morgan fingerprint density at radius 1 is 1.39 bits per heavy atom. The van der Waals surface area contributed by atoms with Crippen LogP contribution < -0.4 is 5.32 Å². The van der Waals surface area contributed by atoms with Gasteiger partial charge in [-0.25, -0.2) is 9.78 Å². The highest BCUT2D eigenvalue weighted by Gasteiger charge is 2.16. The molecule has 0 aliphatic rings. The number of pyridine rings is 1. The lowest BCUT2D eigenvalue weighted by Gasteiger charge is -2.14. The van der Waals surface area contributed by atoms with Gasteiger partial charge in [0.05, 0.1) is 6.54 Å². The van der Waals surface area contributed by atoms with Crippen molar-refractivity contribution in [3.8, 4) is 0 Å². The Morgan fingerprint density at radius 2 is 2.00 bits per heavy atom. The molecule has 2 N–H and O–H groups in total. The quantitative estimate of drug-likeness (QED) is 0.830. The van der Waals surface area contributed by atoms with Crippen LogP contribution in [0.25, 0.3) is 0 Å². The number of nitrogens with zero attached hydrogens (tertiary/aromatic N) is 2. The van der Waals surface area contributed by atoms with E-state index in [0.717, 1.165) is 0 Å². The number of carbonyl (C=O) groups is 2. The van der Waals surface area contributed by atoms with Gasteiger partial charge < -0.3 is 15.3 Å². The van der Waals surface area contributed by atoms with E-state index in [1.165, 1.54) is 4.90 Å². The van der Waals surface area contributed by atoms with Crippen LogP contribution in [0.3, 0.4) is 0 Å². The van der Waals surface area contributed by atoms with Gasteiger partial charge in [0.25, 0.3) is 0 Å². The summed E-state index contributed by atoms with van der Waals surface area (Å²) in [6.07, 6.45) is 0. The van der Waals surface area contributed by atoms with Crippen molar-refractivity contribution in [1.82, 2.24) is 9.88 Å². The zero-order valence-electron chi connectivity index (χ0n) is 10.9. The molecule has 1 rings (SSSR count). The highest BCUT2D eigenvalue weighted by atomic mass is 16.4. The number of rotatable bonds is 4. The minimum atomic E-state index is -1.06. The number of amides is 1. The van der Waals surface area contributed by atoms with Crippen LogP contribution in [0.2, 0.25) is 0 Å². The lowest BCUT2D eigenvalue weighted by atomic mass is 10.1. The molecule has 0 saturated carbocycles. The van der Waals surface area contributed by atoms with Gasteiger partial charge in [-0.2, -0.15) is 0 Å². The molecule has 0 aliphatic carbocycles. The molecule has 0 unspecified atom stereocenters. The molecule has 1 aromatic rings. The molecule has 6 heteroatoms. The molecule has 98 valence electrons. The van der Waals surface area contributed by atoms with Gasteiger partial charge >= 0.3 is 5.97 Å². The second kappa shape index (κ2) is 5.48. The third-order valence-corrected chi connectivity index (χ3v) is 2.46. The molecule has 0 aliphatic heterocycles. The number of likely N-dealkylation sites (N-methyl/N-ethyl adjacent to an activating group) is 1. The number of aryl methyl sites for hydroxylation is 2. The average molecular weight is 251 g/mol. The van der Waals surface area contributed by atoms with Crippen molar-refractivity contribution >= 4 is 17.7 Å². The molecule has 0 atom stereocenters. The summed E-state index contributed by atoms with van der Waals surface area (Å²) >= 11 is 0. The first kappa shape index (κ1) is 14.0. The van der Waals surface area contributed by atoms with Crippen LogP contribution in [0.5, 0.6) is 0 Å². The average Bonchev–Trinajstić information content (AvgIpc) is 2.23. The van der Waals surface area contributed by atoms with Crippen LogP contribution >= 0.6 is 0 Å². The predicted molar refractivity (Wildman–Crippen MR) is 67.9 cm³/mol. The van der Waals surface area contributed by atoms with Crippen molar-refractivity contribution in [2.75, 3.05) is 26.0 Å². The number of aromatic nitrogens is 1. The molecule has 0 bridgehead atoms. The largest absolute Gasteiger partial charge is 0.478 e. The van der Waals surface area contributed by atoms with Crippen LogP contribution in [0, 0.1) is 13.8 Å². The van der Waals surface area contributed by atoms with Crippen molar-refractivity contribution in [3.63, 3.8) is 0 Å². The summed E-state index contributed by atoms with van der Waals surface area (Å²) in [5, 5.41) is 11.9. The third-order valence-electron chi connectivity index (χ3n) is 2.46. The first-order valence-corrected chi connectivity index (χ1v) is 5.48. The minimum absolute atomic E-state index is 0.0170. The maximum Gasteiger partial charge on any atom is 0.339 e. The van der Waals surface area contributed by atoms with E-state index in [1.807, 2.05) is 0 Å². The minimum Gasteiger partial charge on any atom is -0.478 e. The van der Waals surface area contributed by atoms with E-state index in [4.69, 9.17) is 5.11 Å². The highest BCUT2D eigenvalue weighted by molar-refractivity contribution is 5.95. The molecular weight excluding hydrogens is 234 g/mol. The maximum atomic E-state index is 11.5. The van der Waals surface area contributed by atoms with E-state index in [0.29, 0.717) is 11.3 Å². The molecule has 0 radical (unpaired) electrons. The van der Waals surface area contributed by atoms with E-state index < -0.39 is 5.97 Å². The number of carboxylic acid groups (broad SMARTS) is 1. The fraction of sp³-hybridized carbons (Fsp3) is 0.417. The van der Waals surface area contributed by atoms with Gasteiger partial charge in [-0.05, 0) is 25.5 Å². The predicted octanol–water partition coefficient (Wildman–Crippen LogP) is 0.897. The normalized spacial score (nSPS) is 10.0. The number of anilines is 1. The summed E-state index contributed by atoms with van der Waals surface area (Å²) in [7, 11) is 3.27. The molecule has 1 aromatic heterocycles. The number of hydrogen-bond acceptors (Lipinski definition) is 4. The standard InChI is InChI=1S/C12H17N3O3/c1-7-5-8(2)14-11(10(7)12(17)18)13-6-9(16)15(3)4/h5H,6H2,1-4H3,(H,13,14)(H,17,18). The van der Waals surface area contributed by atoms with Crippen molar-refractivity contribution in [3.05, 3.63) is 22.9 Å². The zero-order chi connectivity index (χ0) is 13.9. The van der Waals surface area contributed by atoms with Crippen LogP contribution in [0.4, 0.5) is 5.82 Å². The molecule has 0 spiro atoms. The van der Waals surface area contributed by atoms with Crippen LogP contribution in [-0.4, -0.2) is 47.5 Å². The van der Waals surface area contributed by atoms with Gasteiger partial charge in [-0.15, -0.1) is 0 Å². The summed E-state index contributed by atoms with van der Waals surface area (Å²) < 4.78 is 0. The Morgan fingerprint density at radius 3 is 2.50 bits per heavy atom. The zero-order valence-corrected chi connectivity index (χ0v) is 10.9. The van der Waals surface area contributed by atoms with Gasteiger partial charge in [-0.3, -0.25) is 4.79 Å². The van der Waals surface area contributed by atoms with Crippen molar-refractivity contribution in [2.45, 2.75) is 13.8 Å². The first-order valence-electron chi connectivity index (χ1n) is 5.48. The lowest BCUT2D eigenvalue weighted by Crippen LogP contribution is -2.29. The van der Waals surface area contributed by atoms with E-state index >= 15 is 0 Å². The number of carboxylic acids is 1. The van der Waals surface area contributed by atoms with Crippen LogP contribution in [0.1, 0.15) is 21.6 Å². The Kier molecular flexibility index (Phi) is 4.25. The molecule has 1 heterocycles. The van der Waals surface area contributed by atoms with Gasteiger partial charge in [-0.1, -0.05) is 0 Å². The highest BCUT2D eigenvalue weighted by Crippen LogP contribution is 2.18. The van der Waals surface area contributed by atoms with Gasteiger partial charge in [0.2, 0.25) is 5.91 Å². The lowest BCUT2D eigenvalue weighted by molar-refractivity contribution is -0.126. The number of hydrogen-bond donors (Lipinski definition) is 2. The Balaban J connectivity index is 3.00. The summed E-state index contributed by atoms with van der Waals surface area (Å²) in [6.45, 7) is 3.50. The molecule has 18 heavy (non-hydrogen) atoms. The fourth-order valence-electron chi connectivity index (χ4n) is 1.55. The van der Waals surface area contributed by atoms with Crippen molar-refractivity contribution in [2.24, 2.45) is 0 Å². The van der Waals surface area contributed by atoms with E-state index in [-0.39, 0.29) is 23.8 Å². The molecule has 1 amide bonds. The summed E-state index contributed by atoms with van der Waals surface area (Å²) in [4.78, 5) is 28.2. The fourth-order valence-corrected chi connectivity index (χ4v) is 1.55. The monoisotopic (exact) mass is 251 g/mol. The molecule has 0 fully saturated rings. The Labute approximate surface area is 106 Å². The van der Waals surface area contributed by atoms with Crippen LogP contribution in [0.15, 0.2) is 6.07 Å². The third kappa shape index (κ3) is 3.19.